The van der Waals surface area contributed by atoms with Gasteiger partial charge in [-0.2, -0.15) is 0 Å². The monoisotopic (exact) mass is 293 g/mol. The molecule has 0 heterocycles. The van der Waals surface area contributed by atoms with Crippen LogP contribution < -0.4 is 4.74 Å². The third-order valence-corrected chi connectivity index (χ3v) is 2.99. The van der Waals surface area contributed by atoms with Crippen molar-refractivity contribution >= 4 is 11.9 Å². The smallest absolute Gasteiger partial charge is 0.325 e. The van der Waals surface area contributed by atoms with Crippen LogP contribution in [0.2, 0.25) is 0 Å². The van der Waals surface area contributed by atoms with Gasteiger partial charge in [0.2, 0.25) is 0 Å². The zero-order valence-electron chi connectivity index (χ0n) is 13.1. The van der Waals surface area contributed by atoms with E-state index >= 15 is 0 Å². The van der Waals surface area contributed by atoms with Gasteiger partial charge >= 0.3 is 5.97 Å². The molecule has 0 fully saturated rings. The first kappa shape index (κ1) is 17.0. The lowest BCUT2D eigenvalue weighted by molar-refractivity contribution is -0.143. The van der Waals surface area contributed by atoms with Crippen LogP contribution in [-0.4, -0.2) is 43.6 Å². The highest BCUT2D eigenvalue weighted by Gasteiger charge is 2.21. The number of ether oxygens (including phenoxy) is 2. The standard InChI is InChI=1S/C16H23NO4/c1-5-9-17(11-15(18)21-6-2)16(19)13-10-12(3)7-8-14(13)20-4/h7-8,10H,5-6,9,11H2,1-4H3. The number of benzene rings is 1. The average molecular weight is 293 g/mol. The molecule has 5 nitrogen and oxygen atoms in total. The maximum absolute atomic E-state index is 12.6. The van der Waals surface area contributed by atoms with Gasteiger partial charge in [0.25, 0.3) is 5.91 Å². The summed E-state index contributed by atoms with van der Waals surface area (Å²) < 4.78 is 10.2. The number of carbonyl (C=O) groups excluding carboxylic acids is 2. The molecule has 0 aromatic heterocycles. The van der Waals surface area contributed by atoms with Gasteiger partial charge in [0.1, 0.15) is 12.3 Å². The zero-order valence-corrected chi connectivity index (χ0v) is 13.1. The molecule has 1 rings (SSSR count). The molecule has 1 amide bonds. The minimum absolute atomic E-state index is 0.0440. The molecule has 5 heteroatoms. The maximum atomic E-state index is 12.6. The number of hydrogen-bond donors (Lipinski definition) is 0. The van der Waals surface area contributed by atoms with E-state index in [4.69, 9.17) is 9.47 Å². The molecule has 0 N–H and O–H groups in total. The molecule has 0 saturated carbocycles. The van der Waals surface area contributed by atoms with Crippen LogP contribution in [0.4, 0.5) is 0 Å². The molecule has 116 valence electrons. The largest absolute Gasteiger partial charge is 0.496 e. The van der Waals surface area contributed by atoms with Gasteiger partial charge in [-0.3, -0.25) is 9.59 Å². The van der Waals surface area contributed by atoms with Crippen LogP contribution >= 0.6 is 0 Å². The summed E-state index contributed by atoms with van der Waals surface area (Å²) in [5.74, 6) is -0.105. The first-order valence-corrected chi connectivity index (χ1v) is 7.13. The summed E-state index contributed by atoms with van der Waals surface area (Å²) in [7, 11) is 1.52. The summed E-state index contributed by atoms with van der Waals surface area (Å²) >= 11 is 0. The number of hydrogen-bond acceptors (Lipinski definition) is 4. The summed E-state index contributed by atoms with van der Waals surface area (Å²) in [5, 5.41) is 0. The molecular formula is C16H23NO4. The molecule has 0 saturated heterocycles. The number of carbonyl (C=O) groups is 2. The van der Waals surface area contributed by atoms with E-state index in [2.05, 4.69) is 0 Å². The first-order chi connectivity index (χ1) is 10.0. The lowest BCUT2D eigenvalue weighted by Gasteiger charge is -2.22. The first-order valence-electron chi connectivity index (χ1n) is 7.13. The fraction of sp³-hybridized carbons (Fsp3) is 0.500. The lowest BCUT2D eigenvalue weighted by atomic mass is 10.1. The van der Waals surface area contributed by atoms with E-state index in [1.807, 2.05) is 19.9 Å². The molecule has 0 bridgehead atoms. The Morgan fingerprint density at radius 2 is 1.95 bits per heavy atom. The second-order valence-corrected chi connectivity index (χ2v) is 4.74. The van der Waals surface area contributed by atoms with Gasteiger partial charge in [-0.25, -0.2) is 0 Å². The normalized spacial score (nSPS) is 10.1. The van der Waals surface area contributed by atoms with Crippen molar-refractivity contribution in [2.24, 2.45) is 0 Å². The molecule has 0 atom stereocenters. The van der Waals surface area contributed by atoms with Crippen LogP contribution in [-0.2, 0) is 9.53 Å². The number of nitrogens with zero attached hydrogens (tertiary/aromatic N) is 1. The average Bonchev–Trinajstić information content (AvgIpc) is 2.46. The SMILES string of the molecule is CCCN(CC(=O)OCC)C(=O)c1cc(C)ccc1OC. The molecular weight excluding hydrogens is 270 g/mol. The summed E-state index contributed by atoms with van der Waals surface area (Å²) in [5.41, 5.74) is 1.43. The maximum Gasteiger partial charge on any atom is 0.325 e. The summed E-state index contributed by atoms with van der Waals surface area (Å²) in [6.07, 6.45) is 0.763. The topological polar surface area (TPSA) is 55.8 Å². The van der Waals surface area contributed by atoms with E-state index in [0.717, 1.165) is 12.0 Å². The van der Waals surface area contributed by atoms with Crippen molar-refractivity contribution in [3.8, 4) is 5.75 Å². The Bertz CT molecular complexity index is 499. The molecule has 0 aliphatic carbocycles. The van der Waals surface area contributed by atoms with Crippen molar-refractivity contribution in [3.63, 3.8) is 0 Å². The van der Waals surface area contributed by atoms with Crippen LogP contribution in [0.15, 0.2) is 18.2 Å². The fourth-order valence-corrected chi connectivity index (χ4v) is 2.04. The minimum atomic E-state index is -0.397. The van der Waals surface area contributed by atoms with Crippen LogP contribution in [0.3, 0.4) is 0 Å². The van der Waals surface area contributed by atoms with Crippen molar-refractivity contribution in [2.45, 2.75) is 27.2 Å². The van der Waals surface area contributed by atoms with Crippen molar-refractivity contribution in [3.05, 3.63) is 29.3 Å². The van der Waals surface area contributed by atoms with Gasteiger partial charge in [-0.05, 0) is 32.4 Å². The fourth-order valence-electron chi connectivity index (χ4n) is 2.04. The Morgan fingerprint density at radius 1 is 1.24 bits per heavy atom. The van der Waals surface area contributed by atoms with Gasteiger partial charge in [0.05, 0.1) is 19.3 Å². The van der Waals surface area contributed by atoms with Gasteiger partial charge in [-0.15, -0.1) is 0 Å². The number of rotatable bonds is 7. The summed E-state index contributed by atoms with van der Waals surface area (Å²) in [6, 6.07) is 5.41. The van der Waals surface area contributed by atoms with Crippen LogP contribution in [0.25, 0.3) is 0 Å². The van der Waals surface area contributed by atoms with Crippen molar-refractivity contribution in [1.29, 1.82) is 0 Å². The molecule has 21 heavy (non-hydrogen) atoms. The predicted octanol–water partition coefficient (Wildman–Crippen LogP) is 2.42. The Kier molecular flexibility index (Phi) is 6.72. The quantitative estimate of drug-likeness (QED) is 0.724. The molecule has 0 aliphatic rings. The second-order valence-electron chi connectivity index (χ2n) is 4.74. The lowest BCUT2D eigenvalue weighted by Crippen LogP contribution is -2.37. The van der Waals surface area contributed by atoms with Gasteiger partial charge in [0, 0.05) is 6.54 Å². The molecule has 1 aromatic rings. The molecule has 0 unspecified atom stereocenters. The number of amides is 1. The third-order valence-electron chi connectivity index (χ3n) is 2.99. The highest BCUT2D eigenvalue weighted by atomic mass is 16.5. The summed E-state index contributed by atoms with van der Waals surface area (Å²) in [4.78, 5) is 25.8. The van der Waals surface area contributed by atoms with E-state index in [0.29, 0.717) is 24.5 Å². The minimum Gasteiger partial charge on any atom is -0.496 e. The van der Waals surface area contributed by atoms with E-state index in [1.54, 1.807) is 19.1 Å². The number of aryl methyl sites for hydroxylation is 1. The van der Waals surface area contributed by atoms with Crippen molar-refractivity contribution in [2.75, 3.05) is 26.8 Å². The second kappa shape index (κ2) is 8.29. The predicted molar refractivity (Wildman–Crippen MR) is 80.6 cm³/mol. The highest BCUT2D eigenvalue weighted by molar-refractivity contribution is 5.98. The van der Waals surface area contributed by atoms with Crippen molar-refractivity contribution in [1.82, 2.24) is 4.90 Å². The third kappa shape index (κ3) is 4.77. The van der Waals surface area contributed by atoms with Crippen molar-refractivity contribution < 1.29 is 19.1 Å². The summed E-state index contributed by atoms with van der Waals surface area (Å²) in [6.45, 7) is 6.37. The highest BCUT2D eigenvalue weighted by Crippen LogP contribution is 2.21. The Balaban J connectivity index is 2.99. The molecule has 0 aliphatic heterocycles. The Hall–Kier alpha value is -2.04. The van der Waals surface area contributed by atoms with Gasteiger partial charge in [-0.1, -0.05) is 18.6 Å². The Morgan fingerprint density at radius 3 is 2.52 bits per heavy atom. The van der Waals surface area contributed by atoms with E-state index in [-0.39, 0.29) is 12.5 Å². The van der Waals surface area contributed by atoms with E-state index < -0.39 is 5.97 Å². The van der Waals surface area contributed by atoms with Gasteiger partial charge in [0.15, 0.2) is 0 Å². The molecule has 0 radical (unpaired) electrons. The number of methoxy groups -OCH3 is 1. The number of esters is 1. The van der Waals surface area contributed by atoms with Crippen LogP contribution in [0.5, 0.6) is 5.75 Å². The Labute approximate surface area is 125 Å². The molecule has 1 aromatic carbocycles. The van der Waals surface area contributed by atoms with E-state index in [9.17, 15) is 9.59 Å². The van der Waals surface area contributed by atoms with Crippen LogP contribution in [0, 0.1) is 6.92 Å². The molecule has 0 spiro atoms. The van der Waals surface area contributed by atoms with E-state index in [1.165, 1.54) is 12.0 Å². The van der Waals surface area contributed by atoms with Gasteiger partial charge < -0.3 is 14.4 Å². The van der Waals surface area contributed by atoms with Crippen LogP contribution in [0.1, 0.15) is 36.2 Å². The zero-order chi connectivity index (χ0) is 15.8.